The van der Waals surface area contributed by atoms with Gasteiger partial charge in [0.15, 0.2) is 0 Å². The lowest BCUT2D eigenvalue weighted by Gasteiger charge is -2.12. The zero-order valence-corrected chi connectivity index (χ0v) is 10.7. The highest BCUT2D eigenvalue weighted by atomic mass is 35.5. The summed E-state index contributed by atoms with van der Waals surface area (Å²) < 4.78 is 35.6. The number of nitrogens with one attached hydrogen (secondary N) is 1. The molecule has 2 unspecified atom stereocenters. The molecule has 0 saturated carbocycles. The third-order valence-corrected chi connectivity index (χ3v) is 4.29. The van der Waals surface area contributed by atoms with Crippen molar-refractivity contribution in [2.24, 2.45) is 0 Å². The zero-order valence-electron chi connectivity index (χ0n) is 8.32. The molecule has 0 rings (SSSR count). The van der Waals surface area contributed by atoms with Gasteiger partial charge in [-0.15, -0.1) is 11.6 Å². The number of hydrogen-bond donors (Lipinski definition) is 1. The summed E-state index contributed by atoms with van der Waals surface area (Å²) in [5.74, 6) is 0.514. The minimum atomic E-state index is -3.26. The van der Waals surface area contributed by atoms with Crippen LogP contribution in [0.25, 0.3) is 0 Å². The molecule has 7 heteroatoms. The van der Waals surface area contributed by atoms with Crippen LogP contribution in [0.2, 0.25) is 0 Å². The molecule has 14 heavy (non-hydrogen) atoms. The Labute approximate surface area is 92.9 Å². The Bertz CT molecular complexity index is 279. The van der Waals surface area contributed by atoms with Gasteiger partial charge in [-0.05, 0) is 13.3 Å². The Balaban J connectivity index is 3.93. The highest BCUT2D eigenvalue weighted by Crippen LogP contribution is 1.96. The Morgan fingerprint density at radius 3 is 2.50 bits per heavy atom. The smallest absolute Gasteiger partial charge is 0.213 e. The fourth-order valence-electron chi connectivity index (χ4n) is 0.869. The zero-order chi connectivity index (χ0) is 11.2. The van der Waals surface area contributed by atoms with Crippen LogP contribution in [-0.2, 0) is 20.8 Å². The fraction of sp³-hybridized carbons (Fsp3) is 1.00. The van der Waals surface area contributed by atoms with Crippen LogP contribution in [0.15, 0.2) is 0 Å². The molecular weight excluding hydrogens is 246 g/mol. The fourth-order valence-corrected chi connectivity index (χ4v) is 3.22. The highest BCUT2D eigenvalue weighted by molar-refractivity contribution is 7.89. The quantitative estimate of drug-likeness (QED) is 0.671. The molecule has 0 saturated heterocycles. The predicted octanol–water partition coefficient (Wildman–Crippen LogP) is 0.302. The lowest BCUT2D eigenvalue weighted by molar-refractivity contribution is 0.557. The van der Waals surface area contributed by atoms with Crippen LogP contribution in [0, 0.1) is 0 Å². The van der Waals surface area contributed by atoms with E-state index in [9.17, 15) is 12.6 Å². The number of rotatable bonds is 7. The minimum absolute atomic E-state index is 0.0753. The van der Waals surface area contributed by atoms with E-state index in [4.69, 9.17) is 11.6 Å². The van der Waals surface area contributed by atoms with E-state index in [2.05, 4.69) is 4.72 Å². The minimum Gasteiger partial charge on any atom is -0.260 e. The summed E-state index contributed by atoms with van der Waals surface area (Å²) in [6.45, 7) is 1.75. The van der Waals surface area contributed by atoms with E-state index < -0.39 is 20.8 Å². The maximum Gasteiger partial charge on any atom is 0.213 e. The van der Waals surface area contributed by atoms with E-state index in [1.54, 1.807) is 13.2 Å². The van der Waals surface area contributed by atoms with Crippen LogP contribution in [0.4, 0.5) is 0 Å². The lowest BCUT2D eigenvalue weighted by Crippen LogP contribution is -2.35. The van der Waals surface area contributed by atoms with Crippen molar-refractivity contribution >= 4 is 32.4 Å². The molecule has 0 radical (unpaired) electrons. The molecule has 0 amide bonds. The van der Waals surface area contributed by atoms with Gasteiger partial charge < -0.3 is 0 Å². The number of sulfonamides is 1. The lowest BCUT2D eigenvalue weighted by atomic mass is 10.3. The summed E-state index contributed by atoms with van der Waals surface area (Å²) in [6.07, 6.45) is 2.17. The first-order valence-electron chi connectivity index (χ1n) is 4.23. The van der Waals surface area contributed by atoms with Gasteiger partial charge in [-0.1, -0.05) is 0 Å². The van der Waals surface area contributed by atoms with Crippen molar-refractivity contribution in [3.63, 3.8) is 0 Å². The van der Waals surface area contributed by atoms with Gasteiger partial charge >= 0.3 is 0 Å². The molecule has 0 aliphatic carbocycles. The second-order valence-electron chi connectivity index (χ2n) is 3.09. The molecule has 1 N–H and O–H groups in total. The summed E-state index contributed by atoms with van der Waals surface area (Å²) in [6, 6.07) is -0.188. The van der Waals surface area contributed by atoms with Crippen LogP contribution in [0.1, 0.15) is 13.3 Å². The molecule has 0 spiro atoms. The monoisotopic (exact) mass is 261 g/mol. The van der Waals surface area contributed by atoms with Gasteiger partial charge in [0, 0.05) is 34.7 Å². The van der Waals surface area contributed by atoms with Crippen LogP contribution in [0.3, 0.4) is 0 Å². The summed E-state index contributed by atoms with van der Waals surface area (Å²) >= 11 is 5.33. The first-order valence-corrected chi connectivity index (χ1v) is 8.15. The number of alkyl halides is 1. The molecular formula is C7H16ClNO3S2. The maximum atomic E-state index is 11.2. The van der Waals surface area contributed by atoms with Crippen molar-refractivity contribution in [3.05, 3.63) is 0 Å². The van der Waals surface area contributed by atoms with E-state index in [1.807, 2.05) is 0 Å². The topological polar surface area (TPSA) is 63.2 Å². The van der Waals surface area contributed by atoms with Gasteiger partial charge in [0.2, 0.25) is 10.0 Å². The maximum absolute atomic E-state index is 11.2. The number of halogens is 1. The van der Waals surface area contributed by atoms with Crippen molar-refractivity contribution in [2.45, 2.75) is 19.4 Å². The second kappa shape index (κ2) is 6.76. The van der Waals surface area contributed by atoms with Crippen molar-refractivity contribution in [3.8, 4) is 0 Å². The summed E-state index contributed by atoms with van der Waals surface area (Å²) in [5, 5.41) is 0. The molecule has 2 atom stereocenters. The van der Waals surface area contributed by atoms with Gasteiger partial charge in [-0.3, -0.25) is 4.21 Å². The third-order valence-electron chi connectivity index (χ3n) is 1.56. The van der Waals surface area contributed by atoms with Crippen molar-refractivity contribution in [1.29, 1.82) is 0 Å². The molecule has 0 aromatic carbocycles. The second-order valence-corrected chi connectivity index (χ2v) is 6.90. The van der Waals surface area contributed by atoms with Crippen LogP contribution >= 0.6 is 11.6 Å². The summed E-state index contributed by atoms with van der Waals surface area (Å²) in [5.41, 5.74) is 0. The highest BCUT2D eigenvalue weighted by Gasteiger charge is 2.13. The molecule has 0 aliphatic rings. The largest absolute Gasteiger partial charge is 0.260 e. The van der Waals surface area contributed by atoms with E-state index in [1.165, 1.54) is 0 Å². The Morgan fingerprint density at radius 2 is 2.07 bits per heavy atom. The molecule has 0 aliphatic heterocycles. The van der Waals surface area contributed by atoms with E-state index in [-0.39, 0.29) is 17.7 Å². The first-order chi connectivity index (χ1) is 6.37. The Kier molecular flexibility index (Phi) is 6.93. The van der Waals surface area contributed by atoms with Crippen LogP contribution < -0.4 is 4.72 Å². The average molecular weight is 262 g/mol. The van der Waals surface area contributed by atoms with Gasteiger partial charge in [-0.2, -0.15) is 0 Å². The molecule has 86 valence electrons. The van der Waals surface area contributed by atoms with Crippen LogP contribution in [-0.4, -0.2) is 42.3 Å². The van der Waals surface area contributed by atoms with E-state index in [0.29, 0.717) is 12.2 Å². The van der Waals surface area contributed by atoms with Gasteiger partial charge in [0.25, 0.3) is 0 Å². The van der Waals surface area contributed by atoms with Crippen molar-refractivity contribution < 1.29 is 12.6 Å². The van der Waals surface area contributed by atoms with E-state index in [0.717, 1.165) is 0 Å². The average Bonchev–Trinajstić information content (AvgIpc) is 1.99. The van der Waals surface area contributed by atoms with Gasteiger partial charge in [0.05, 0.1) is 5.75 Å². The SMILES string of the molecule is CC(CCS(C)=O)NS(=O)(=O)CCCl. The molecule has 4 nitrogen and oxygen atoms in total. The molecule has 0 aromatic rings. The Morgan fingerprint density at radius 1 is 1.50 bits per heavy atom. The molecule has 0 aromatic heterocycles. The first kappa shape index (κ1) is 14.3. The standard InChI is InChI=1S/C7H16ClNO3S2/c1-7(3-5-13(2)10)9-14(11,12)6-4-8/h7,9H,3-6H2,1-2H3. The van der Waals surface area contributed by atoms with Gasteiger partial charge in [-0.25, -0.2) is 13.1 Å². The van der Waals surface area contributed by atoms with Crippen LogP contribution in [0.5, 0.6) is 0 Å². The van der Waals surface area contributed by atoms with Crippen molar-refractivity contribution in [2.75, 3.05) is 23.6 Å². The van der Waals surface area contributed by atoms with Crippen molar-refractivity contribution in [1.82, 2.24) is 4.72 Å². The Hall–Kier alpha value is 0.350. The summed E-state index contributed by atoms with van der Waals surface area (Å²) in [4.78, 5) is 0. The number of hydrogen-bond acceptors (Lipinski definition) is 3. The third kappa shape index (κ3) is 7.73. The molecule has 0 bridgehead atoms. The normalized spacial score (nSPS) is 16.5. The summed E-state index contributed by atoms with van der Waals surface area (Å²) in [7, 11) is -4.14. The molecule has 0 fully saturated rings. The van der Waals surface area contributed by atoms with Gasteiger partial charge in [0.1, 0.15) is 0 Å². The van der Waals surface area contributed by atoms with E-state index >= 15 is 0 Å². The predicted molar refractivity (Wildman–Crippen MR) is 60.7 cm³/mol. The molecule has 0 heterocycles.